The summed E-state index contributed by atoms with van der Waals surface area (Å²) in [5.74, 6) is -1.20. The molecule has 0 saturated heterocycles. The van der Waals surface area contributed by atoms with Crippen LogP contribution in [0.2, 0.25) is 0 Å². The lowest BCUT2D eigenvalue weighted by atomic mass is 10.1. The molecule has 2 aromatic rings. The third-order valence-corrected chi connectivity index (χ3v) is 4.59. The highest BCUT2D eigenvalue weighted by molar-refractivity contribution is 5.95. The number of fused-ring (bicyclic) bond motifs is 1. The molecule has 1 aliphatic rings. The molecular formula is C21H24F2N4O3. The lowest BCUT2D eigenvalue weighted by Gasteiger charge is -2.30. The Kier molecular flexibility index (Phi) is 6.49. The third-order valence-electron chi connectivity index (χ3n) is 4.59. The van der Waals surface area contributed by atoms with Gasteiger partial charge in [-0.1, -0.05) is 19.9 Å². The monoisotopic (exact) mass is 418 g/mol. The minimum Gasteiger partial charge on any atom is -0.477 e. The molecule has 0 fully saturated rings. The molecule has 2 N–H and O–H groups in total. The molecule has 0 spiro atoms. The predicted octanol–water partition coefficient (Wildman–Crippen LogP) is 3.62. The van der Waals surface area contributed by atoms with Gasteiger partial charge in [0.15, 0.2) is 0 Å². The molecule has 1 aliphatic heterocycles. The minimum absolute atomic E-state index is 0.148. The van der Waals surface area contributed by atoms with Gasteiger partial charge in [0.2, 0.25) is 11.8 Å². The number of hydrogen-bond acceptors (Lipinski definition) is 4. The molecule has 3 rings (SSSR count). The number of pyridine rings is 1. The van der Waals surface area contributed by atoms with Crippen molar-refractivity contribution in [3.8, 4) is 5.88 Å². The molecule has 0 unspecified atom stereocenters. The van der Waals surface area contributed by atoms with E-state index in [2.05, 4.69) is 15.6 Å². The maximum atomic E-state index is 13.9. The summed E-state index contributed by atoms with van der Waals surface area (Å²) >= 11 is 0. The molecule has 9 heteroatoms. The van der Waals surface area contributed by atoms with Crippen LogP contribution in [-0.2, 0) is 11.3 Å². The Hall–Kier alpha value is -3.23. The first-order valence-electron chi connectivity index (χ1n) is 9.65. The molecule has 1 aromatic heterocycles. The van der Waals surface area contributed by atoms with Crippen LogP contribution in [0.5, 0.6) is 5.88 Å². The number of hydrogen-bond donors (Lipinski definition) is 2. The number of anilines is 1. The fraction of sp³-hybridized carbons (Fsp3) is 0.381. The van der Waals surface area contributed by atoms with Crippen LogP contribution in [0.3, 0.4) is 0 Å². The normalized spacial score (nSPS) is 14.2. The van der Waals surface area contributed by atoms with Crippen molar-refractivity contribution >= 4 is 17.6 Å². The molecule has 3 amide bonds. The molecule has 0 bridgehead atoms. The summed E-state index contributed by atoms with van der Waals surface area (Å²) in [7, 11) is 0. The van der Waals surface area contributed by atoms with E-state index in [0.717, 1.165) is 12.1 Å². The van der Waals surface area contributed by atoms with Crippen LogP contribution >= 0.6 is 0 Å². The largest absolute Gasteiger partial charge is 0.477 e. The van der Waals surface area contributed by atoms with Gasteiger partial charge in [-0.15, -0.1) is 0 Å². The molecule has 1 atom stereocenters. The van der Waals surface area contributed by atoms with Gasteiger partial charge in [0, 0.05) is 17.8 Å². The van der Waals surface area contributed by atoms with Crippen LogP contribution in [0.4, 0.5) is 19.3 Å². The molecule has 0 saturated carbocycles. The predicted molar refractivity (Wildman–Crippen MR) is 107 cm³/mol. The maximum absolute atomic E-state index is 13.9. The number of amides is 3. The van der Waals surface area contributed by atoms with Gasteiger partial charge in [-0.3, -0.25) is 4.79 Å². The van der Waals surface area contributed by atoms with Crippen LogP contribution in [0, 0.1) is 17.6 Å². The number of halogens is 2. The first kappa shape index (κ1) is 21.5. The van der Waals surface area contributed by atoms with Crippen molar-refractivity contribution in [2.75, 3.05) is 18.5 Å². The molecule has 7 nitrogen and oxygen atoms in total. The summed E-state index contributed by atoms with van der Waals surface area (Å²) in [6.07, 6.45) is 1.55. The Balaban J connectivity index is 1.67. The van der Waals surface area contributed by atoms with E-state index in [-0.39, 0.29) is 18.7 Å². The summed E-state index contributed by atoms with van der Waals surface area (Å²) < 4.78 is 32.7. The molecule has 30 heavy (non-hydrogen) atoms. The summed E-state index contributed by atoms with van der Waals surface area (Å²) in [6, 6.07) is 3.72. The van der Waals surface area contributed by atoms with E-state index >= 15 is 0 Å². The molecule has 0 radical (unpaired) electrons. The number of ether oxygens (including phenoxy) is 1. The second-order valence-electron chi connectivity index (χ2n) is 7.59. The highest BCUT2D eigenvalue weighted by Gasteiger charge is 2.28. The van der Waals surface area contributed by atoms with Crippen LogP contribution in [0.25, 0.3) is 0 Å². The quantitative estimate of drug-likeness (QED) is 0.720. The molecule has 160 valence electrons. The van der Waals surface area contributed by atoms with E-state index in [1.165, 1.54) is 11.0 Å². The van der Waals surface area contributed by atoms with Crippen molar-refractivity contribution in [3.63, 3.8) is 0 Å². The molecule has 1 aromatic carbocycles. The van der Waals surface area contributed by atoms with Gasteiger partial charge < -0.3 is 20.3 Å². The second kappa shape index (κ2) is 9.06. The minimum atomic E-state index is -0.745. The number of carbonyl (C=O) groups is 2. The van der Waals surface area contributed by atoms with E-state index in [1.807, 2.05) is 13.8 Å². The molecule has 0 aliphatic carbocycles. The van der Waals surface area contributed by atoms with Gasteiger partial charge in [0.1, 0.15) is 18.2 Å². The van der Waals surface area contributed by atoms with E-state index < -0.39 is 29.6 Å². The van der Waals surface area contributed by atoms with Gasteiger partial charge in [0.05, 0.1) is 30.4 Å². The summed E-state index contributed by atoms with van der Waals surface area (Å²) in [5.41, 5.74) is 1.43. The summed E-state index contributed by atoms with van der Waals surface area (Å²) in [6.45, 7) is 5.99. The van der Waals surface area contributed by atoms with Crippen molar-refractivity contribution < 1.29 is 23.1 Å². The smallest absolute Gasteiger partial charge is 0.322 e. The number of benzene rings is 1. The van der Waals surface area contributed by atoms with E-state index in [0.29, 0.717) is 29.7 Å². The topological polar surface area (TPSA) is 83.6 Å². The first-order valence-corrected chi connectivity index (χ1v) is 9.65. The Morgan fingerprint density at radius 3 is 2.77 bits per heavy atom. The SMILES string of the molecule is CC(C)COc1nccc2c1CN(CC(=O)N[C@@H](C)c1ccc(F)cc1F)C(=O)N2. The number of nitrogens with zero attached hydrogens (tertiary/aromatic N) is 2. The fourth-order valence-electron chi connectivity index (χ4n) is 3.09. The highest BCUT2D eigenvalue weighted by Crippen LogP contribution is 2.30. The zero-order valence-electron chi connectivity index (χ0n) is 17.0. The summed E-state index contributed by atoms with van der Waals surface area (Å²) in [4.78, 5) is 30.4. The fourth-order valence-corrected chi connectivity index (χ4v) is 3.09. The highest BCUT2D eigenvalue weighted by atomic mass is 19.1. The Morgan fingerprint density at radius 1 is 1.30 bits per heavy atom. The van der Waals surface area contributed by atoms with Crippen molar-refractivity contribution in [1.29, 1.82) is 0 Å². The summed E-state index contributed by atoms with van der Waals surface area (Å²) in [5, 5.41) is 5.36. The molecule has 2 heterocycles. The zero-order valence-corrected chi connectivity index (χ0v) is 17.0. The van der Waals surface area contributed by atoms with Crippen LogP contribution in [0.15, 0.2) is 30.5 Å². The van der Waals surface area contributed by atoms with Gasteiger partial charge in [-0.05, 0) is 25.0 Å². The average molecular weight is 418 g/mol. The van der Waals surface area contributed by atoms with Gasteiger partial charge in [0.25, 0.3) is 0 Å². The van der Waals surface area contributed by atoms with Crippen LogP contribution in [0.1, 0.15) is 37.9 Å². The zero-order chi connectivity index (χ0) is 21.8. The van der Waals surface area contributed by atoms with Gasteiger partial charge >= 0.3 is 6.03 Å². The van der Waals surface area contributed by atoms with Crippen molar-refractivity contribution in [2.24, 2.45) is 5.92 Å². The number of nitrogens with one attached hydrogen (secondary N) is 2. The lowest BCUT2D eigenvalue weighted by molar-refractivity contribution is -0.122. The standard InChI is InChI=1S/C21H24F2N4O3/c1-12(2)11-30-20-16-9-27(21(29)26-18(16)6-7-24-20)10-19(28)25-13(3)15-5-4-14(22)8-17(15)23/h4-8,12-13H,9-11H2,1-3H3,(H,25,28)(H,26,29)/t13-/m0/s1. The Bertz CT molecular complexity index is 952. The molecular weight excluding hydrogens is 394 g/mol. The van der Waals surface area contributed by atoms with E-state index in [1.54, 1.807) is 19.2 Å². The third kappa shape index (κ3) is 5.03. The van der Waals surface area contributed by atoms with E-state index in [9.17, 15) is 18.4 Å². The van der Waals surface area contributed by atoms with Crippen LogP contribution < -0.4 is 15.4 Å². The number of rotatable bonds is 7. The lowest BCUT2D eigenvalue weighted by Crippen LogP contribution is -2.45. The average Bonchev–Trinajstić information content (AvgIpc) is 2.66. The van der Waals surface area contributed by atoms with Gasteiger partial charge in [-0.2, -0.15) is 0 Å². The van der Waals surface area contributed by atoms with Crippen molar-refractivity contribution in [2.45, 2.75) is 33.4 Å². The number of carbonyl (C=O) groups excluding carboxylic acids is 2. The Morgan fingerprint density at radius 2 is 2.07 bits per heavy atom. The van der Waals surface area contributed by atoms with Crippen LogP contribution in [-0.4, -0.2) is 35.0 Å². The maximum Gasteiger partial charge on any atom is 0.322 e. The van der Waals surface area contributed by atoms with E-state index in [4.69, 9.17) is 4.74 Å². The number of urea groups is 1. The second-order valence-corrected chi connectivity index (χ2v) is 7.59. The van der Waals surface area contributed by atoms with Crippen molar-refractivity contribution in [1.82, 2.24) is 15.2 Å². The van der Waals surface area contributed by atoms with Gasteiger partial charge in [-0.25, -0.2) is 18.6 Å². The van der Waals surface area contributed by atoms with Crippen molar-refractivity contribution in [3.05, 3.63) is 53.2 Å². The number of aromatic nitrogens is 1. The first-order chi connectivity index (χ1) is 14.2. The Labute approximate surface area is 173 Å².